The highest BCUT2D eigenvalue weighted by Crippen LogP contribution is 2.25. The minimum atomic E-state index is 0.268. The third kappa shape index (κ3) is 3.55. The summed E-state index contributed by atoms with van der Waals surface area (Å²) in [5.74, 6) is 0.897. The Morgan fingerprint density at radius 1 is 1.42 bits per heavy atom. The molecule has 0 spiro atoms. The second kappa shape index (κ2) is 6.68. The van der Waals surface area contributed by atoms with Gasteiger partial charge < -0.3 is 10.1 Å². The van der Waals surface area contributed by atoms with Crippen molar-refractivity contribution < 1.29 is 4.74 Å². The zero-order valence-electron chi connectivity index (χ0n) is 11.6. The summed E-state index contributed by atoms with van der Waals surface area (Å²) in [6.07, 6.45) is 2.89. The number of ether oxygens (including phenoxy) is 1. The monoisotopic (exact) mass is 276 g/mol. The van der Waals surface area contributed by atoms with E-state index in [-0.39, 0.29) is 6.04 Å². The standard InChI is InChI=1S/C15H20N2OS/c1-4-14(15-16-8-9-19-15)17-11(2)12-6-5-7-13(10-12)18-3/h5-11,14,17H,4H2,1-3H3. The molecule has 0 bridgehead atoms. The van der Waals surface area contributed by atoms with Crippen LogP contribution in [0.25, 0.3) is 0 Å². The van der Waals surface area contributed by atoms with Gasteiger partial charge in [0.25, 0.3) is 0 Å². The Balaban J connectivity index is 2.08. The number of methoxy groups -OCH3 is 1. The molecule has 0 aliphatic rings. The van der Waals surface area contributed by atoms with Crippen molar-refractivity contribution in [2.75, 3.05) is 7.11 Å². The van der Waals surface area contributed by atoms with Gasteiger partial charge in [0, 0.05) is 17.6 Å². The zero-order valence-corrected chi connectivity index (χ0v) is 12.4. The van der Waals surface area contributed by atoms with Crippen molar-refractivity contribution in [3.8, 4) is 5.75 Å². The van der Waals surface area contributed by atoms with E-state index in [0.717, 1.165) is 17.2 Å². The summed E-state index contributed by atoms with van der Waals surface area (Å²) in [4.78, 5) is 4.40. The van der Waals surface area contributed by atoms with Crippen molar-refractivity contribution in [1.82, 2.24) is 10.3 Å². The molecule has 0 fully saturated rings. The molecule has 2 aromatic rings. The molecule has 2 rings (SSSR count). The third-order valence-corrected chi connectivity index (χ3v) is 4.09. The second-order valence-electron chi connectivity index (χ2n) is 4.50. The molecule has 1 N–H and O–H groups in total. The lowest BCUT2D eigenvalue weighted by Gasteiger charge is -2.21. The molecule has 0 aliphatic carbocycles. The number of benzene rings is 1. The molecule has 0 saturated carbocycles. The summed E-state index contributed by atoms with van der Waals surface area (Å²) in [6.45, 7) is 4.35. The number of thiazole rings is 1. The Labute approximate surface area is 118 Å². The van der Waals surface area contributed by atoms with Crippen LogP contribution in [0.5, 0.6) is 5.75 Å². The fourth-order valence-corrected chi connectivity index (χ4v) is 2.86. The van der Waals surface area contributed by atoms with E-state index in [4.69, 9.17) is 4.74 Å². The fourth-order valence-electron chi connectivity index (χ4n) is 2.08. The van der Waals surface area contributed by atoms with Crippen molar-refractivity contribution in [1.29, 1.82) is 0 Å². The van der Waals surface area contributed by atoms with E-state index in [1.165, 1.54) is 5.56 Å². The first-order valence-corrected chi connectivity index (χ1v) is 7.42. The summed E-state index contributed by atoms with van der Waals surface area (Å²) in [7, 11) is 1.70. The maximum Gasteiger partial charge on any atom is 0.119 e. The molecular weight excluding hydrogens is 256 g/mol. The van der Waals surface area contributed by atoms with Gasteiger partial charge in [-0.2, -0.15) is 0 Å². The summed E-state index contributed by atoms with van der Waals surface area (Å²) in [5.41, 5.74) is 1.23. The number of nitrogens with one attached hydrogen (secondary N) is 1. The molecular formula is C15H20N2OS. The van der Waals surface area contributed by atoms with Crippen LogP contribution in [-0.4, -0.2) is 12.1 Å². The van der Waals surface area contributed by atoms with E-state index in [1.807, 2.05) is 23.7 Å². The topological polar surface area (TPSA) is 34.1 Å². The van der Waals surface area contributed by atoms with Gasteiger partial charge >= 0.3 is 0 Å². The quantitative estimate of drug-likeness (QED) is 0.867. The first-order valence-electron chi connectivity index (χ1n) is 6.54. The molecule has 0 saturated heterocycles. The summed E-state index contributed by atoms with van der Waals surface area (Å²) in [6, 6.07) is 8.76. The van der Waals surface area contributed by atoms with Crippen LogP contribution in [0.3, 0.4) is 0 Å². The average molecular weight is 276 g/mol. The Morgan fingerprint density at radius 2 is 2.26 bits per heavy atom. The van der Waals surface area contributed by atoms with E-state index < -0.39 is 0 Å². The Morgan fingerprint density at radius 3 is 2.89 bits per heavy atom. The lowest BCUT2D eigenvalue weighted by atomic mass is 10.1. The molecule has 19 heavy (non-hydrogen) atoms. The first-order chi connectivity index (χ1) is 9.24. The molecule has 3 nitrogen and oxygen atoms in total. The average Bonchev–Trinajstić information content (AvgIpc) is 2.98. The minimum Gasteiger partial charge on any atom is -0.497 e. The van der Waals surface area contributed by atoms with Gasteiger partial charge in [-0.25, -0.2) is 4.98 Å². The normalized spacial score (nSPS) is 14.1. The molecule has 0 aliphatic heterocycles. The van der Waals surface area contributed by atoms with Gasteiger partial charge in [-0.15, -0.1) is 11.3 Å². The summed E-state index contributed by atoms with van der Waals surface area (Å²) < 4.78 is 5.27. The molecule has 2 atom stereocenters. The van der Waals surface area contributed by atoms with Gasteiger partial charge in [0.1, 0.15) is 10.8 Å². The molecule has 1 aromatic heterocycles. The number of hydrogen-bond acceptors (Lipinski definition) is 4. The lowest BCUT2D eigenvalue weighted by molar-refractivity contribution is 0.411. The van der Waals surface area contributed by atoms with Crippen LogP contribution in [0, 0.1) is 0 Å². The van der Waals surface area contributed by atoms with Crippen LogP contribution < -0.4 is 10.1 Å². The lowest BCUT2D eigenvalue weighted by Crippen LogP contribution is -2.24. The van der Waals surface area contributed by atoms with Gasteiger partial charge in [0.2, 0.25) is 0 Å². The Kier molecular flexibility index (Phi) is 4.93. The van der Waals surface area contributed by atoms with Crippen LogP contribution in [0.1, 0.15) is 42.9 Å². The summed E-state index contributed by atoms with van der Waals surface area (Å²) >= 11 is 1.70. The molecule has 2 unspecified atom stereocenters. The van der Waals surface area contributed by atoms with Gasteiger partial charge in [-0.1, -0.05) is 19.1 Å². The van der Waals surface area contributed by atoms with Crippen molar-refractivity contribution in [3.63, 3.8) is 0 Å². The second-order valence-corrected chi connectivity index (χ2v) is 5.42. The number of hydrogen-bond donors (Lipinski definition) is 1. The maximum atomic E-state index is 5.27. The minimum absolute atomic E-state index is 0.268. The molecule has 0 radical (unpaired) electrons. The number of aromatic nitrogens is 1. The Bertz CT molecular complexity index is 499. The van der Waals surface area contributed by atoms with E-state index in [0.29, 0.717) is 6.04 Å². The van der Waals surface area contributed by atoms with Crippen LogP contribution in [-0.2, 0) is 0 Å². The summed E-state index contributed by atoms with van der Waals surface area (Å²) in [5, 5.41) is 6.80. The molecule has 4 heteroatoms. The highest BCUT2D eigenvalue weighted by molar-refractivity contribution is 7.09. The SMILES string of the molecule is CCC(NC(C)c1cccc(OC)c1)c1nccs1. The van der Waals surface area contributed by atoms with Crippen molar-refractivity contribution >= 4 is 11.3 Å². The van der Waals surface area contributed by atoms with E-state index in [1.54, 1.807) is 18.4 Å². The maximum absolute atomic E-state index is 5.27. The fraction of sp³-hybridized carbons (Fsp3) is 0.400. The van der Waals surface area contributed by atoms with Crippen LogP contribution in [0.15, 0.2) is 35.8 Å². The predicted molar refractivity (Wildman–Crippen MR) is 79.7 cm³/mol. The van der Waals surface area contributed by atoms with E-state index in [2.05, 4.69) is 36.3 Å². The van der Waals surface area contributed by atoms with Crippen LogP contribution >= 0.6 is 11.3 Å². The van der Waals surface area contributed by atoms with Crippen molar-refractivity contribution in [2.24, 2.45) is 0 Å². The Hall–Kier alpha value is -1.39. The van der Waals surface area contributed by atoms with Crippen LogP contribution in [0.2, 0.25) is 0 Å². The van der Waals surface area contributed by atoms with Crippen molar-refractivity contribution in [3.05, 3.63) is 46.4 Å². The van der Waals surface area contributed by atoms with E-state index in [9.17, 15) is 0 Å². The van der Waals surface area contributed by atoms with Gasteiger partial charge in [-0.3, -0.25) is 0 Å². The molecule has 0 amide bonds. The third-order valence-electron chi connectivity index (χ3n) is 3.20. The number of rotatable bonds is 6. The molecule has 1 aromatic carbocycles. The van der Waals surface area contributed by atoms with Gasteiger partial charge in [0.05, 0.1) is 13.2 Å². The van der Waals surface area contributed by atoms with Gasteiger partial charge in [-0.05, 0) is 31.0 Å². The highest BCUT2D eigenvalue weighted by Gasteiger charge is 2.15. The largest absolute Gasteiger partial charge is 0.497 e. The zero-order chi connectivity index (χ0) is 13.7. The van der Waals surface area contributed by atoms with Crippen LogP contribution in [0.4, 0.5) is 0 Å². The smallest absolute Gasteiger partial charge is 0.119 e. The first kappa shape index (κ1) is 14.0. The number of nitrogens with zero attached hydrogens (tertiary/aromatic N) is 1. The van der Waals surface area contributed by atoms with Crippen molar-refractivity contribution in [2.45, 2.75) is 32.4 Å². The molecule has 102 valence electrons. The van der Waals surface area contributed by atoms with E-state index >= 15 is 0 Å². The predicted octanol–water partition coefficient (Wildman–Crippen LogP) is 3.95. The highest BCUT2D eigenvalue weighted by atomic mass is 32.1. The molecule has 1 heterocycles. The van der Waals surface area contributed by atoms with Gasteiger partial charge in [0.15, 0.2) is 0 Å².